The first-order valence-electron chi connectivity index (χ1n) is 7.76. The van der Waals surface area contributed by atoms with Gasteiger partial charge in [0, 0.05) is 5.38 Å². The molecule has 2 rings (SSSR count). The molecule has 142 valence electrons. The molecule has 2 atom stereocenters. The highest BCUT2D eigenvalue weighted by atomic mass is 32.1. The molecule has 9 nitrogen and oxygen atoms in total. The maximum Gasteiger partial charge on any atom is 0.271 e. The fourth-order valence-electron chi connectivity index (χ4n) is 2.33. The lowest BCUT2D eigenvalue weighted by Crippen LogP contribution is -2.15. The number of rotatable bonds is 8. The molecular weight excluding hydrogens is 362 g/mol. The standard InChI is InChI=1S/C16H21N3O6S/c1-7(20)4-5-9(21)16-18-8(6-26-16)10-13(24-2)14(25-3)12(22)11(19-10)15(17)23/h6-7,9,20-22H,4-5H2,1-3H3,(H2,17,23). The number of primary amides is 1. The number of aliphatic hydroxyl groups excluding tert-OH is 2. The molecule has 0 radical (unpaired) electrons. The van der Waals surface area contributed by atoms with Crippen molar-refractivity contribution in [3.63, 3.8) is 0 Å². The van der Waals surface area contributed by atoms with Gasteiger partial charge < -0.3 is 30.5 Å². The first kappa shape index (κ1) is 19.9. The highest BCUT2D eigenvalue weighted by molar-refractivity contribution is 7.10. The Bertz CT molecular complexity index is 793. The smallest absolute Gasteiger partial charge is 0.271 e. The normalized spacial score (nSPS) is 13.3. The number of hydrogen-bond acceptors (Lipinski definition) is 9. The molecule has 5 N–H and O–H groups in total. The van der Waals surface area contributed by atoms with Gasteiger partial charge in [-0.15, -0.1) is 11.3 Å². The second-order valence-electron chi connectivity index (χ2n) is 5.60. The maximum atomic E-state index is 11.6. The van der Waals surface area contributed by atoms with Crippen LogP contribution in [0.1, 0.15) is 41.4 Å². The molecule has 0 spiro atoms. The van der Waals surface area contributed by atoms with Crippen molar-refractivity contribution in [3.05, 3.63) is 16.1 Å². The Morgan fingerprint density at radius 2 is 1.88 bits per heavy atom. The van der Waals surface area contributed by atoms with Gasteiger partial charge in [-0.25, -0.2) is 9.97 Å². The molecule has 2 aromatic rings. The van der Waals surface area contributed by atoms with Crippen LogP contribution in [0.3, 0.4) is 0 Å². The second-order valence-corrected chi connectivity index (χ2v) is 6.49. The average molecular weight is 383 g/mol. The highest BCUT2D eigenvalue weighted by Gasteiger charge is 2.26. The van der Waals surface area contributed by atoms with Crippen molar-refractivity contribution in [3.8, 4) is 28.6 Å². The lowest BCUT2D eigenvalue weighted by molar-refractivity contribution is 0.0992. The lowest BCUT2D eigenvalue weighted by atomic mass is 10.1. The number of nitrogens with zero attached hydrogens (tertiary/aromatic N) is 2. The van der Waals surface area contributed by atoms with Crippen LogP contribution >= 0.6 is 11.3 Å². The number of methoxy groups -OCH3 is 2. The zero-order valence-corrected chi connectivity index (χ0v) is 15.4. The van der Waals surface area contributed by atoms with Crippen molar-refractivity contribution in [1.29, 1.82) is 0 Å². The summed E-state index contributed by atoms with van der Waals surface area (Å²) in [5.74, 6) is -1.45. The monoisotopic (exact) mass is 383 g/mol. The van der Waals surface area contributed by atoms with E-state index in [9.17, 15) is 20.1 Å². The molecule has 26 heavy (non-hydrogen) atoms. The Kier molecular flexibility index (Phi) is 6.35. The van der Waals surface area contributed by atoms with Gasteiger partial charge >= 0.3 is 0 Å². The summed E-state index contributed by atoms with van der Waals surface area (Å²) < 4.78 is 10.4. The molecule has 2 unspecified atom stereocenters. The third-order valence-corrected chi connectivity index (χ3v) is 4.58. The molecule has 10 heteroatoms. The molecule has 0 aliphatic heterocycles. The number of aromatic hydroxyl groups is 1. The van der Waals surface area contributed by atoms with Crippen molar-refractivity contribution in [1.82, 2.24) is 9.97 Å². The fourth-order valence-corrected chi connectivity index (χ4v) is 3.16. The van der Waals surface area contributed by atoms with Gasteiger partial charge in [0.15, 0.2) is 17.2 Å². The molecule has 0 saturated carbocycles. The summed E-state index contributed by atoms with van der Waals surface area (Å²) in [6.07, 6.45) is -0.591. The number of nitrogens with two attached hydrogens (primary N) is 1. The summed E-state index contributed by atoms with van der Waals surface area (Å²) in [4.78, 5) is 19.9. The summed E-state index contributed by atoms with van der Waals surface area (Å²) in [5.41, 5.74) is 5.37. The third-order valence-electron chi connectivity index (χ3n) is 3.63. The number of thiazole rings is 1. The SMILES string of the molecule is COc1c(-c2csc(C(O)CCC(C)O)n2)nc(C(N)=O)c(O)c1OC. The van der Waals surface area contributed by atoms with E-state index in [4.69, 9.17) is 15.2 Å². The Morgan fingerprint density at radius 3 is 2.42 bits per heavy atom. The molecule has 0 aliphatic carbocycles. The number of ether oxygens (including phenoxy) is 2. The van der Waals surface area contributed by atoms with Crippen LogP contribution in [0.5, 0.6) is 17.2 Å². The minimum Gasteiger partial charge on any atom is -0.503 e. The largest absolute Gasteiger partial charge is 0.503 e. The van der Waals surface area contributed by atoms with Gasteiger partial charge in [0.05, 0.1) is 20.3 Å². The van der Waals surface area contributed by atoms with Crippen LogP contribution in [0.2, 0.25) is 0 Å². The third kappa shape index (κ3) is 4.03. The first-order chi connectivity index (χ1) is 12.3. The van der Waals surface area contributed by atoms with E-state index in [1.54, 1.807) is 12.3 Å². The molecule has 0 aliphatic rings. The van der Waals surface area contributed by atoms with Crippen LogP contribution in [0.15, 0.2) is 5.38 Å². The number of aromatic nitrogens is 2. The van der Waals surface area contributed by atoms with E-state index < -0.39 is 23.9 Å². The van der Waals surface area contributed by atoms with E-state index in [0.717, 1.165) is 0 Å². The topological polar surface area (TPSA) is 148 Å². The average Bonchev–Trinajstić information content (AvgIpc) is 3.08. The van der Waals surface area contributed by atoms with Gasteiger partial charge in [-0.05, 0) is 19.8 Å². The summed E-state index contributed by atoms with van der Waals surface area (Å²) in [5, 5.41) is 31.7. The summed E-state index contributed by atoms with van der Waals surface area (Å²) >= 11 is 1.20. The van der Waals surface area contributed by atoms with Gasteiger partial charge in [-0.3, -0.25) is 4.79 Å². The van der Waals surface area contributed by atoms with Crippen LogP contribution in [0.4, 0.5) is 0 Å². The summed E-state index contributed by atoms with van der Waals surface area (Å²) in [7, 11) is 2.66. The van der Waals surface area contributed by atoms with Gasteiger partial charge in [0.1, 0.15) is 22.5 Å². The predicted octanol–water partition coefficient (Wildman–Crippen LogP) is 1.22. The van der Waals surface area contributed by atoms with E-state index in [2.05, 4.69) is 9.97 Å². The predicted molar refractivity (Wildman–Crippen MR) is 94.5 cm³/mol. The molecule has 0 saturated heterocycles. The highest BCUT2D eigenvalue weighted by Crippen LogP contribution is 2.44. The van der Waals surface area contributed by atoms with Crippen molar-refractivity contribution < 1.29 is 29.6 Å². The fraction of sp³-hybridized carbons (Fsp3) is 0.438. The maximum absolute atomic E-state index is 11.6. The number of hydrogen-bond donors (Lipinski definition) is 4. The Labute approximate surface area is 154 Å². The minimum atomic E-state index is -0.933. The number of carbonyl (C=O) groups excluding carboxylic acids is 1. The summed E-state index contributed by atoms with van der Waals surface area (Å²) in [6, 6.07) is 0. The van der Waals surface area contributed by atoms with E-state index >= 15 is 0 Å². The molecule has 2 aromatic heterocycles. The van der Waals surface area contributed by atoms with E-state index in [0.29, 0.717) is 23.5 Å². The number of aliphatic hydroxyl groups is 2. The van der Waals surface area contributed by atoms with Crippen molar-refractivity contribution in [2.75, 3.05) is 14.2 Å². The van der Waals surface area contributed by atoms with Gasteiger partial charge in [0.25, 0.3) is 5.91 Å². The van der Waals surface area contributed by atoms with Crippen molar-refractivity contribution in [2.24, 2.45) is 5.73 Å². The molecule has 1 amide bonds. The zero-order chi connectivity index (χ0) is 19.4. The molecule has 0 fully saturated rings. The van der Waals surface area contributed by atoms with Gasteiger partial charge in [-0.1, -0.05) is 0 Å². The van der Waals surface area contributed by atoms with Crippen molar-refractivity contribution in [2.45, 2.75) is 32.0 Å². The lowest BCUT2D eigenvalue weighted by Gasteiger charge is -2.14. The quantitative estimate of drug-likeness (QED) is 0.532. The number of pyridine rings is 1. The van der Waals surface area contributed by atoms with Crippen LogP contribution in [-0.2, 0) is 0 Å². The van der Waals surface area contributed by atoms with Gasteiger partial charge in [-0.2, -0.15) is 0 Å². The van der Waals surface area contributed by atoms with Crippen LogP contribution in [0.25, 0.3) is 11.4 Å². The number of carbonyl (C=O) groups is 1. The van der Waals surface area contributed by atoms with Crippen LogP contribution in [-0.4, -0.2) is 51.5 Å². The minimum absolute atomic E-state index is 0.0875. The zero-order valence-electron chi connectivity index (χ0n) is 14.6. The molecule has 2 heterocycles. The van der Waals surface area contributed by atoms with Crippen LogP contribution in [0, 0.1) is 0 Å². The number of amides is 1. The van der Waals surface area contributed by atoms with Crippen molar-refractivity contribution >= 4 is 17.2 Å². The Hall–Kier alpha value is -2.43. The Morgan fingerprint density at radius 1 is 1.23 bits per heavy atom. The second kappa shape index (κ2) is 8.30. The van der Waals surface area contributed by atoms with Crippen LogP contribution < -0.4 is 15.2 Å². The van der Waals surface area contributed by atoms with E-state index in [1.165, 1.54) is 25.6 Å². The van der Waals surface area contributed by atoms with E-state index in [1.807, 2.05) is 0 Å². The molecule has 0 bridgehead atoms. The Balaban J connectivity index is 2.48. The van der Waals surface area contributed by atoms with Gasteiger partial charge in [0.2, 0.25) is 5.75 Å². The molecular formula is C16H21N3O6S. The molecule has 0 aromatic carbocycles. The summed E-state index contributed by atoms with van der Waals surface area (Å²) in [6.45, 7) is 1.64. The first-order valence-corrected chi connectivity index (χ1v) is 8.64. The van der Waals surface area contributed by atoms with E-state index in [-0.39, 0.29) is 22.9 Å².